The molecule has 8 heteroatoms. The molecule has 0 aromatic heterocycles. The molecule has 2 N–H and O–H groups in total. The fourth-order valence-corrected chi connectivity index (χ4v) is 5.93. The van der Waals surface area contributed by atoms with Crippen molar-refractivity contribution in [3.8, 4) is 11.5 Å². The molecule has 0 radical (unpaired) electrons. The van der Waals surface area contributed by atoms with Gasteiger partial charge < -0.3 is 19.9 Å². The van der Waals surface area contributed by atoms with Gasteiger partial charge in [-0.2, -0.15) is 0 Å². The minimum Gasteiger partial charge on any atom is -0.454 e. The summed E-state index contributed by atoms with van der Waals surface area (Å²) in [5.41, 5.74) is 5.88. The van der Waals surface area contributed by atoms with Crippen LogP contribution in [0.3, 0.4) is 0 Å². The summed E-state index contributed by atoms with van der Waals surface area (Å²) < 4.78 is 41.0. The zero-order chi connectivity index (χ0) is 16.8. The maximum Gasteiger partial charge on any atom is 0.231 e. The summed E-state index contributed by atoms with van der Waals surface area (Å²) in [5.74, 6) is 0.958. The van der Waals surface area contributed by atoms with Crippen molar-refractivity contribution in [1.29, 1.82) is 0 Å². The van der Waals surface area contributed by atoms with Gasteiger partial charge in [0.25, 0.3) is 0 Å². The second kappa shape index (κ2) is 5.61. The molecule has 0 bridgehead atoms. The molecule has 0 spiro atoms. The van der Waals surface area contributed by atoms with Crippen LogP contribution in [0.2, 0.25) is 0 Å². The molecule has 126 valence electrons. The molecule has 6 nitrogen and oxygen atoms in total. The van der Waals surface area contributed by atoms with Crippen LogP contribution in [0, 0.1) is 5.41 Å². The normalized spacial score (nSPS) is 28.6. The lowest BCUT2D eigenvalue weighted by molar-refractivity contribution is 0.166. The molecule has 0 amide bonds. The summed E-state index contributed by atoms with van der Waals surface area (Å²) in [5, 5.41) is -0.669. The van der Waals surface area contributed by atoms with E-state index in [1.165, 1.54) is 7.11 Å². The Hall–Kier alpha value is -1.38. The van der Waals surface area contributed by atoms with Crippen molar-refractivity contribution in [3.05, 3.63) is 23.8 Å². The summed E-state index contributed by atoms with van der Waals surface area (Å²) in [4.78, 5) is 0.170. The van der Waals surface area contributed by atoms with Gasteiger partial charge in [-0.25, -0.2) is 8.42 Å². The Morgan fingerprint density at radius 2 is 2.13 bits per heavy atom. The fourth-order valence-electron chi connectivity index (χ4n) is 3.47. The van der Waals surface area contributed by atoms with Gasteiger partial charge in [-0.15, -0.1) is 0 Å². The number of thiocarbonyl (C=S) groups is 1. The number of rotatable bonds is 6. The van der Waals surface area contributed by atoms with Crippen molar-refractivity contribution in [2.45, 2.75) is 18.1 Å². The number of ether oxygens (including phenoxy) is 3. The Balaban J connectivity index is 2.06. The third-order valence-corrected chi connectivity index (χ3v) is 7.29. The van der Waals surface area contributed by atoms with E-state index in [0.717, 1.165) is 5.56 Å². The molecule has 3 atom stereocenters. The van der Waals surface area contributed by atoms with Crippen molar-refractivity contribution < 1.29 is 22.6 Å². The van der Waals surface area contributed by atoms with Crippen LogP contribution >= 0.6 is 12.2 Å². The van der Waals surface area contributed by atoms with Crippen molar-refractivity contribution in [3.63, 3.8) is 0 Å². The second-order valence-electron chi connectivity index (χ2n) is 5.80. The van der Waals surface area contributed by atoms with Crippen molar-refractivity contribution >= 4 is 27.0 Å². The van der Waals surface area contributed by atoms with Crippen LogP contribution in [-0.2, 0) is 14.6 Å². The second-order valence-corrected chi connectivity index (χ2v) is 8.65. The molecule has 23 heavy (non-hydrogen) atoms. The Kier molecular flexibility index (Phi) is 4.02. The van der Waals surface area contributed by atoms with Crippen LogP contribution in [0.15, 0.2) is 18.2 Å². The lowest BCUT2D eigenvalue weighted by Crippen LogP contribution is -2.33. The Labute approximate surface area is 140 Å². The van der Waals surface area contributed by atoms with Gasteiger partial charge in [0.05, 0.1) is 22.3 Å². The first-order valence-corrected chi connectivity index (χ1v) is 9.40. The summed E-state index contributed by atoms with van der Waals surface area (Å²) in [6.45, 7) is 1.96. The van der Waals surface area contributed by atoms with E-state index in [2.05, 4.69) is 0 Å². The highest BCUT2D eigenvalue weighted by Crippen LogP contribution is 2.64. The summed E-state index contributed by atoms with van der Waals surface area (Å²) in [6, 6.07) is 5.43. The van der Waals surface area contributed by atoms with Crippen molar-refractivity contribution in [1.82, 2.24) is 0 Å². The highest BCUT2D eigenvalue weighted by atomic mass is 32.2. The lowest BCUT2D eigenvalue weighted by atomic mass is 9.99. The van der Waals surface area contributed by atoms with Crippen LogP contribution in [0.25, 0.3) is 0 Å². The maximum atomic E-state index is 12.5. The van der Waals surface area contributed by atoms with E-state index in [1.807, 2.05) is 6.07 Å². The number of benzene rings is 1. The van der Waals surface area contributed by atoms with Crippen molar-refractivity contribution in [2.24, 2.45) is 11.1 Å². The molecule has 1 aromatic carbocycles. The predicted molar refractivity (Wildman–Crippen MR) is 89.6 cm³/mol. The largest absolute Gasteiger partial charge is 0.454 e. The smallest absolute Gasteiger partial charge is 0.231 e. The highest BCUT2D eigenvalue weighted by Gasteiger charge is 2.72. The fraction of sp³-hybridized carbons (Fsp3) is 0.533. The van der Waals surface area contributed by atoms with Gasteiger partial charge >= 0.3 is 0 Å². The van der Waals surface area contributed by atoms with E-state index in [0.29, 0.717) is 11.5 Å². The lowest BCUT2D eigenvalue weighted by Gasteiger charge is -2.15. The molecule has 1 saturated carbocycles. The highest BCUT2D eigenvalue weighted by molar-refractivity contribution is 7.92. The molecule has 3 rings (SSSR count). The first-order chi connectivity index (χ1) is 10.9. The summed E-state index contributed by atoms with van der Waals surface area (Å²) in [7, 11) is -1.81. The number of nitrogens with two attached hydrogens (primary N) is 1. The first kappa shape index (κ1) is 16.5. The topological polar surface area (TPSA) is 87.9 Å². The average molecular weight is 357 g/mol. The number of hydrogen-bond donors (Lipinski definition) is 1. The minimum atomic E-state index is -3.33. The number of fused-ring (bicyclic) bond motifs is 1. The van der Waals surface area contributed by atoms with Crippen LogP contribution in [0.1, 0.15) is 18.4 Å². The molecule has 1 heterocycles. The van der Waals surface area contributed by atoms with Gasteiger partial charge in [0.1, 0.15) is 0 Å². The van der Waals surface area contributed by atoms with Gasteiger partial charge in [-0.1, -0.05) is 25.2 Å². The van der Waals surface area contributed by atoms with Gasteiger partial charge in [-0.05, 0) is 17.7 Å². The third kappa shape index (κ3) is 2.40. The minimum absolute atomic E-state index is 0.0345. The van der Waals surface area contributed by atoms with E-state index >= 15 is 0 Å². The zero-order valence-corrected chi connectivity index (χ0v) is 14.6. The average Bonchev–Trinajstić information content (AvgIpc) is 2.99. The van der Waals surface area contributed by atoms with Crippen LogP contribution in [0.4, 0.5) is 0 Å². The van der Waals surface area contributed by atoms with E-state index < -0.39 is 20.5 Å². The summed E-state index contributed by atoms with van der Waals surface area (Å²) in [6.07, 6.45) is 0. The van der Waals surface area contributed by atoms with E-state index in [4.69, 9.17) is 32.2 Å². The molecule has 3 unspecified atom stereocenters. The van der Waals surface area contributed by atoms with Crippen LogP contribution < -0.4 is 15.2 Å². The predicted octanol–water partition coefficient (Wildman–Crippen LogP) is 1.23. The van der Waals surface area contributed by atoms with E-state index in [-0.39, 0.29) is 30.1 Å². The van der Waals surface area contributed by atoms with Gasteiger partial charge in [0.2, 0.25) is 6.79 Å². The Morgan fingerprint density at radius 1 is 1.43 bits per heavy atom. The molecular formula is C15H19NO5S2. The quantitative estimate of drug-likeness (QED) is 0.766. The summed E-state index contributed by atoms with van der Waals surface area (Å²) >= 11 is 5.21. The molecule has 1 aromatic rings. The van der Waals surface area contributed by atoms with Crippen molar-refractivity contribution in [2.75, 3.05) is 26.3 Å². The van der Waals surface area contributed by atoms with E-state index in [1.54, 1.807) is 19.1 Å². The zero-order valence-electron chi connectivity index (χ0n) is 12.9. The molecule has 1 aliphatic carbocycles. The van der Waals surface area contributed by atoms with Gasteiger partial charge in [-0.3, -0.25) is 0 Å². The maximum absolute atomic E-state index is 12.5. The number of sulfone groups is 1. The molecule has 2 aliphatic rings. The van der Waals surface area contributed by atoms with Gasteiger partial charge in [0.15, 0.2) is 21.3 Å². The Morgan fingerprint density at radius 3 is 2.74 bits per heavy atom. The SMILES string of the molecule is CCS(=O)(=O)C1C(c2ccc3c(c2)OCO3)C1(COC)C(N)=S. The molecule has 1 aliphatic heterocycles. The Bertz CT molecular complexity index is 748. The standard InChI is InChI=1S/C15H19NO5S2/c1-3-23(17,18)13-12(15(13,7-19-2)14(16)22)9-4-5-10-11(6-9)21-8-20-10/h4-6,12-13H,3,7-8H2,1-2H3,(H2,16,22). The number of methoxy groups -OCH3 is 1. The van der Waals surface area contributed by atoms with Gasteiger partial charge in [0, 0.05) is 18.8 Å². The molecule has 1 fully saturated rings. The van der Waals surface area contributed by atoms with Crippen LogP contribution in [-0.4, -0.2) is 44.9 Å². The number of hydrogen-bond acceptors (Lipinski definition) is 6. The molecule has 0 saturated heterocycles. The third-order valence-electron chi connectivity index (χ3n) is 4.64. The monoisotopic (exact) mass is 357 g/mol. The van der Waals surface area contributed by atoms with E-state index in [9.17, 15) is 8.42 Å². The first-order valence-electron chi connectivity index (χ1n) is 7.28. The van der Waals surface area contributed by atoms with Crippen LogP contribution in [0.5, 0.6) is 11.5 Å². The molecular weight excluding hydrogens is 338 g/mol.